The molecule has 1 unspecified atom stereocenters. The molecule has 7 heteroatoms. The number of carbonyl (C=O) groups is 1. The van der Waals surface area contributed by atoms with Gasteiger partial charge in [0.2, 0.25) is 5.91 Å². The van der Waals surface area contributed by atoms with Gasteiger partial charge in [0.15, 0.2) is 0 Å². The Morgan fingerprint density at radius 1 is 1.17 bits per heavy atom. The minimum absolute atomic E-state index is 0.00244. The highest BCUT2D eigenvalue weighted by Gasteiger charge is 2.31. The number of amides is 1. The fourth-order valence-corrected chi connectivity index (χ4v) is 4.43. The lowest BCUT2D eigenvalue weighted by atomic mass is 9.95. The first kappa shape index (κ1) is 20.5. The van der Waals surface area contributed by atoms with Gasteiger partial charge < -0.3 is 19.9 Å². The van der Waals surface area contributed by atoms with Gasteiger partial charge in [0, 0.05) is 37.9 Å². The molecule has 2 saturated heterocycles. The zero-order valence-corrected chi connectivity index (χ0v) is 17.9. The van der Waals surface area contributed by atoms with Gasteiger partial charge >= 0.3 is 0 Å². The van der Waals surface area contributed by atoms with Crippen molar-refractivity contribution < 1.29 is 9.53 Å². The number of aromatic nitrogens is 2. The fourth-order valence-electron chi connectivity index (χ4n) is 4.43. The number of hydrogen-bond donors (Lipinski definition) is 1. The molecule has 1 atom stereocenters. The number of carbonyl (C=O) groups excluding carboxylic acids is 1. The summed E-state index contributed by atoms with van der Waals surface area (Å²) in [4.78, 5) is 25.9. The van der Waals surface area contributed by atoms with Crippen LogP contribution in [0.2, 0.25) is 0 Å². The summed E-state index contributed by atoms with van der Waals surface area (Å²) >= 11 is 0. The van der Waals surface area contributed by atoms with Gasteiger partial charge in [-0.3, -0.25) is 4.79 Å². The van der Waals surface area contributed by atoms with Gasteiger partial charge in [-0.15, -0.1) is 0 Å². The second-order valence-corrected chi connectivity index (χ2v) is 8.94. The van der Waals surface area contributed by atoms with E-state index in [0.29, 0.717) is 19.0 Å². The number of nitrogens with one attached hydrogen (secondary N) is 1. The largest absolute Gasteiger partial charge is 0.367 e. The van der Waals surface area contributed by atoms with Gasteiger partial charge in [0.05, 0.1) is 6.10 Å². The second-order valence-electron chi connectivity index (χ2n) is 8.94. The SMILES string of the molecule is CCc1cnc(C)nc1NCC1CN(CC2CCN(CC3CC3)CC2)C(=O)CO1. The summed E-state index contributed by atoms with van der Waals surface area (Å²) in [5.41, 5.74) is 1.11. The first-order valence-corrected chi connectivity index (χ1v) is 11.3. The summed E-state index contributed by atoms with van der Waals surface area (Å²) in [5, 5.41) is 3.42. The topological polar surface area (TPSA) is 70.6 Å². The molecule has 1 amide bonds. The summed E-state index contributed by atoms with van der Waals surface area (Å²) in [5.74, 6) is 3.37. The summed E-state index contributed by atoms with van der Waals surface area (Å²) < 4.78 is 5.80. The number of hydrogen-bond acceptors (Lipinski definition) is 6. The van der Waals surface area contributed by atoms with Crippen LogP contribution in [0.1, 0.15) is 44.0 Å². The highest BCUT2D eigenvalue weighted by molar-refractivity contribution is 5.78. The van der Waals surface area contributed by atoms with E-state index in [1.165, 1.54) is 45.3 Å². The Bertz CT molecular complexity index is 700. The van der Waals surface area contributed by atoms with Crippen LogP contribution in [0.25, 0.3) is 0 Å². The minimum Gasteiger partial charge on any atom is -0.367 e. The van der Waals surface area contributed by atoms with Crippen molar-refractivity contribution in [2.75, 3.05) is 51.2 Å². The molecule has 1 aromatic heterocycles. The molecule has 0 radical (unpaired) electrons. The van der Waals surface area contributed by atoms with Crippen LogP contribution in [-0.2, 0) is 16.0 Å². The third-order valence-electron chi connectivity index (χ3n) is 6.48. The quantitative estimate of drug-likeness (QED) is 0.719. The van der Waals surface area contributed by atoms with Crippen LogP contribution in [0.4, 0.5) is 5.82 Å². The predicted molar refractivity (Wildman–Crippen MR) is 113 cm³/mol. The fraction of sp³-hybridized carbons (Fsp3) is 0.773. The maximum atomic E-state index is 12.4. The first-order valence-electron chi connectivity index (χ1n) is 11.3. The standard InChI is InChI=1S/C22H35N5O2/c1-3-19-10-23-16(2)25-22(19)24-11-20-14-27(21(28)15-29-20)13-18-6-8-26(9-7-18)12-17-4-5-17/h10,17-18,20H,3-9,11-15H2,1-2H3,(H,23,24,25). The average Bonchev–Trinajstić information content (AvgIpc) is 3.54. The maximum absolute atomic E-state index is 12.4. The summed E-state index contributed by atoms with van der Waals surface area (Å²) in [6.45, 7) is 10.1. The molecule has 1 aliphatic carbocycles. The zero-order chi connectivity index (χ0) is 20.2. The highest BCUT2D eigenvalue weighted by Crippen LogP contribution is 2.31. The lowest BCUT2D eigenvalue weighted by Crippen LogP contribution is -2.51. The molecule has 1 N–H and O–H groups in total. The molecular formula is C22H35N5O2. The van der Waals surface area contributed by atoms with Crippen molar-refractivity contribution in [2.45, 2.75) is 52.1 Å². The number of piperidine rings is 1. The molecule has 4 rings (SSSR count). The van der Waals surface area contributed by atoms with Crippen LogP contribution in [0.5, 0.6) is 0 Å². The van der Waals surface area contributed by atoms with Crippen molar-refractivity contribution in [3.05, 3.63) is 17.6 Å². The predicted octanol–water partition coefficient (Wildman–Crippen LogP) is 2.11. The van der Waals surface area contributed by atoms with Crippen LogP contribution in [-0.4, -0.2) is 77.7 Å². The molecule has 0 aromatic carbocycles. The zero-order valence-electron chi connectivity index (χ0n) is 17.9. The third-order valence-corrected chi connectivity index (χ3v) is 6.48. The average molecular weight is 402 g/mol. The minimum atomic E-state index is 0.00244. The van der Waals surface area contributed by atoms with Crippen molar-refractivity contribution in [3.63, 3.8) is 0 Å². The number of ether oxygens (including phenoxy) is 1. The third kappa shape index (κ3) is 5.66. The van der Waals surface area contributed by atoms with Crippen molar-refractivity contribution >= 4 is 11.7 Å². The number of aryl methyl sites for hydroxylation is 2. The molecule has 3 fully saturated rings. The Kier molecular flexibility index (Phi) is 6.65. The molecule has 29 heavy (non-hydrogen) atoms. The van der Waals surface area contributed by atoms with Crippen molar-refractivity contribution in [3.8, 4) is 0 Å². The summed E-state index contributed by atoms with van der Waals surface area (Å²) in [7, 11) is 0. The normalized spacial score (nSPS) is 24.1. The van der Waals surface area contributed by atoms with Crippen LogP contribution in [0.15, 0.2) is 6.20 Å². The molecule has 7 nitrogen and oxygen atoms in total. The number of rotatable bonds is 8. The summed E-state index contributed by atoms with van der Waals surface area (Å²) in [6, 6.07) is 0. The monoisotopic (exact) mass is 401 g/mol. The van der Waals surface area contributed by atoms with E-state index in [0.717, 1.165) is 36.1 Å². The van der Waals surface area contributed by atoms with Gasteiger partial charge in [-0.25, -0.2) is 9.97 Å². The van der Waals surface area contributed by atoms with E-state index in [2.05, 4.69) is 27.1 Å². The van der Waals surface area contributed by atoms with Crippen LogP contribution in [0, 0.1) is 18.8 Å². The summed E-state index contributed by atoms with van der Waals surface area (Å²) in [6.07, 6.45) is 8.04. The van der Waals surface area contributed by atoms with E-state index in [4.69, 9.17) is 4.74 Å². The molecule has 1 aromatic rings. The van der Waals surface area contributed by atoms with Crippen molar-refractivity contribution in [1.29, 1.82) is 0 Å². The Labute approximate surface area is 174 Å². The van der Waals surface area contributed by atoms with Crippen LogP contribution < -0.4 is 5.32 Å². The van der Waals surface area contributed by atoms with Crippen molar-refractivity contribution in [2.24, 2.45) is 11.8 Å². The Hall–Kier alpha value is -1.73. The Morgan fingerprint density at radius 3 is 2.66 bits per heavy atom. The molecule has 0 spiro atoms. The van der Waals surface area contributed by atoms with E-state index in [1.54, 1.807) is 0 Å². The maximum Gasteiger partial charge on any atom is 0.248 e. The molecule has 2 aliphatic heterocycles. The molecule has 160 valence electrons. The number of likely N-dealkylation sites (tertiary alicyclic amines) is 1. The van der Waals surface area contributed by atoms with E-state index in [9.17, 15) is 4.79 Å². The second kappa shape index (κ2) is 9.39. The van der Waals surface area contributed by atoms with Crippen LogP contribution in [0.3, 0.4) is 0 Å². The molecule has 3 aliphatic rings. The smallest absolute Gasteiger partial charge is 0.248 e. The van der Waals surface area contributed by atoms with Gasteiger partial charge in [-0.2, -0.15) is 0 Å². The van der Waals surface area contributed by atoms with Gasteiger partial charge in [0.1, 0.15) is 18.2 Å². The highest BCUT2D eigenvalue weighted by atomic mass is 16.5. The molecule has 0 bridgehead atoms. The lowest BCUT2D eigenvalue weighted by molar-refractivity contribution is -0.149. The number of anilines is 1. The molecule has 3 heterocycles. The Morgan fingerprint density at radius 2 is 1.93 bits per heavy atom. The first-order chi connectivity index (χ1) is 14.1. The molecular weight excluding hydrogens is 366 g/mol. The van der Waals surface area contributed by atoms with Gasteiger partial charge in [-0.05, 0) is 64.0 Å². The van der Waals surface area contributed by atoms with Gasteiger partial charge in [-0.1, -0.05) is 6.92 Å². The van der Waals surface area contributed by atoms with E-state index in [1.807, 2.05) is 18.0 Å². The lowest BCUT2D eigenvalue weighted by Gasteiger charge is -2.38. The van der Waals surface area contributed by atoms with E-state index < -0.39 is 0 Å². The van der Waals surface area contributed by atoms with Crippen molar-refractivity contribution in [1.82, 2.24) is 19.8 Å². The number of nitrogens with zero attached hydrogens (tertiary/aromatic N) is 4. The van der Waals surface area contributed by atoms with Gasteiger partial charge in [0.25, 0.3) is 0 Å². The number of morpholine rings is 1. The molecule has 1 saturated carbocycles. The van der Waals surface area contributed by atoms with E-state index in [-0.39, 0.29) is 18.6 Å². The Balaban J connectivity index is 1.25. The van der Waals surface area contributed by atoms with E-state index >= 15 is 0 Å². The van der Waals surface area contributed by atoms with Crippen LogP contribution >= 0.6 is 0 Å².